The van der Waals surface area contributed by atoms with Crippen molar-refractivity contribution in [2.75, 3.05) is 13.1 Å². The predicted molar refractivity (Wildman–Crippen MR) is 94.8 cm³/mol. The van der Waals surface area contributed by atoms with Crippen LogP contribution in [-0.4, -0.2) is 29.1 Å². The number of rotatable bonds is 7. The first-order chi connectivity index (χ1) is 12.2. The first-order valence-electron chi connectivity index (χ1n) is 9.29. The topological polar surface area (TPSA) is 40.5 Å². The van der Waals surface area contributed by atoms with E-state index in [-0.39, 0.29) is 18.4 Å². The number of piperidine rings is 1. The predicted octanol–water partition coefficient (Wildman–Crippen LogP) is 5.37. The number of aliphatic carboxylic acids is 1. The second-order valence-corrected chi connectivity index (χ2v) is 7.70. The van der Waals surface area contributed by atoms with Gasteiger partial charge >= 0.3 is 12.1 Å². The third kappa shape index (κ3) is 6.01. The number of benzene rings is 1. The summed E-state index contributed by atoms with van der Waals surface area (Å²) in [6.45, 7) is 6.03. The van der Waals surface area contributed by atoms with Crippen LogP contribution in [0.15, 0.2) is 24.3 Å². The van der Waals surface area contributed by atoms with Gasteiger partial charge in [-0.25, -0.2) is 0 Å². The van der Waals surface area contributed by atoms with E-state index in [1.54, 1.807) is 12.1 Å². The number of nitrogens with zero attached hydrogens (tertiary/aromatic N) is 1. The van der Waals surface area contributed by atoms with Gasteiger partial charge < -0.3 is 5.11 Å². The molecule has 1 fully saturated rings. The first kappa shape index (κ1) is 20.7. The number of halogens is 3. The van der Waals surface area contributed by atoms with Gasteiger partial charge in [-0.15, -0.1) is 0 Å². The molecule has 1 N–H and O–H groups in total. The van der Waals surface area contributed by atoms with Crippen LogP contribution < -0.4 is 0 Å². The molecule has 2 rings (SSSR count). The lowest BCUT2D eigenvalue weighted by molar-refractivity contribution is -0.139. The van der Waals surface area contributed by atoms with Crippen LogP contribution in [0.4, 0.5) is 13.2 Å². The van der Waals surface area contributed by atoms with E-state index in [4.69, 9.17) is 5.11 Å². The Morgan fingerprint density at radius 3 is 2.46 bits per heavy atom. The number of carboxylic acid groups (broad SMARTS) is 1. The van der Waals surface area contributed by atoms with Crippen LogP contribution in [0, 0.1) is 11.8 Å². The third-order valence-corrected chi connectivity index (χ3v) is 5.13. The normalized spacial score (nSPS) is 21.9. The van der Waals surface area contributed by atoms with Gasteiger partial charge in [-0.1, -0.05) is 26.0 Å². The second kappa shape index (κ2) is 8.89. The number of hydrogen-bond donors (Lipinski definition) is 1. The van der Waals surface area contributed by atoms with Crippen molar-refractivity contribution < 1.29 is 23.1 Å². The molecule has 0 amide bonds. The molecule has 1 aliphatic rings. The second-order valence-electron chi connectivity index (χ2n) is 7.70. The van der Waals surface area contributed by atoms with E-state index in [1.165, 1.54) is 0 Å². The van der Waals surface area contributed by atoms with Crippen LogP contribution in [-0.2, 0) is 11.0 Å². The molecule has 2 atom stereocenters. The summed E-state index contributed by atoms with van der Waals surface area (Å²) in [6, 6.07) is 5.34. The molecule has 1 saturated heterocycles. The Morgan fingerprint density at radius 1 is 1.27 bits per heavy atom. The lowest BCUT2D eigenvalue weighted by Gasteiger charge is -2.40. The largest absolute Gasteiger partial charge is 0.481 e. The molecule has 1 aromatic rings. The van der Waals surface area contributed by atoms with Gasteiger partial charge in [0.2, 0.25) is 0 Å². The van der Waals surface area contributed by atoms with Crippen LogP contribution in [0.2, 0.25) is 0 Å². The lowest BCUT2D eigenvalue weighted by atomic mass is 9.84. The number of carboxylic acids is 1. The molecular weight excluding hydrogens is 343 g/mol. The number of carbonyl (C=O) groups is 1. The van der Waals surface area contributed by atoms with Crippen molar-refractivity contribution in [3.05, 3.63) is 35.4 Å². The van der Waals surface area contributed by atoms with Crippen LogP contribution in [0.1, 0.15) is 63.1 Å². The molecule has 0 bridgehead atoms. The molecule has 146 valence electrons. The summed E-state index contributed by atoms with van der Waals surface area (Å²) >= 11 is 0. The molecule has 0 radical (unpaired) electrons. The summed E-state index contributed by atoms with van der Waals surface area (Å²) in [5.41, 5.74) is 0.197. The van der Waals surface area contributed by atoms with Crippen molar-refractivity contribution in [3.63, 3.8) is 0 Å². The Balaban J connectivity index is 2.14. The molecule has 26 heavy (non-hydrogen) atoms. The minimum Gasteiger partial charge on any atom is -0.481 e. The summed E-state index contributed by atoms with van der Waals surface area (Å²) in [7, 11) is 0. The fraction of sp³-hybridized carbons (Fsp3) is 0.650. The highest BCUT2D eigenvalue weighted by molar-refractivity contribution is 5.67. The number of hydrogen-bond acceptors (Lipinski definition) is 2. The molecule has 3 nitrogen and oxygen atoms in total. The first-order valence-corrected chi connectivity index (χ1v) is 9.29. The Hall–Kier alpha value is -1.56. The summed E-state index contributed by atoms with van der Waals surface area (Å²) in [5, 5.41) is 9.08. The standard InChI is InChI=1S/C20H28F3NO2/c1-14(2)4-3-10-24-11-9-15(13-19(25)26)12-18(24)16-5-7-17(8-6-16)20(21,22)23/h5-8,14-15,18H,3-4,9-13H2,1-2H3,(H,25,26)/t15-,18+/m1/s1. The summed E-state index contributed by atoms with van der Waals surface area (Å²) in [6.07, 6.45) is -0.567. The zero-order valence-corrected chi connectivity index (χ0v) is 15.4. The van der Waals surface area contributed by atoms with Gasteiger partial charge in [-0.05, 0) is 68.3 Å². The van der Waals surface area contributed by atoms with Crippen molar-refractivity contribution in [1.29, 1.82) is 0 Å². The highest BCUT2D eigenvalue weighted by atomic mass is 19.4. The van der Waals surface area contributed by atoms with E-state index >= 15 is 0 Å². The molecular formula is C20H28F3NO2. The Labute approximate surface area is 153 Å². The minimum atomic E-state index is -4.34. The molecule has 0 spiro atoms. The fourth-order valence-electron chi connectivity index (χ4n) is 3.73. The quantitative estimate of drug-likeness (QED) is 0.700. The van der Waals surface area contributed by atoms with E-state index in [2.05, 4.69) is 18.7 Å². The zero-order valence-electron chi connectivity index (χ0n) is 15.4. The average Bonchev–Trinajstić information content (AvgIpc) is 2.54. The lowest BCUT2D eigenvalue weighted by Crippen LogP contribution is -2.38. The monoisotopic (exact) mass is 371 g/mol. The molecule has 0 aromatic heterocycles. The number of likely N-dealkylation sites (tertiary alicyclic amines) is 1. The van der Waals surface area contributed by atoms with Crippen LogP contribution in [0.3, 0.4) is 0 Å². The van der Waals surface area contributed by atoms with Gasteiger partial charge in [0.25, 0.3) is 0 Å². The van der Waals surface area contributed by atoms with E-state index in [0.717, 1.165) is 50.0 Å². The SMILES string of the molecule is CC(C)CCCN1CC[C@@H](CC(=O)O)C[C@H]1c1ccc(C(F)(F)F)cc1. The maximum Gasteiger partial charge on any atom is 0.416 e. The summed E-state index contributed by atoms with van der Waals surface area (Å²) in [5.74, 6) is -0.125. The van der Waals surface area contributed by atoms with Gasteiger partial charge in [0.1, 0.15) is 0 Å². The summed E-state index contributed by atoms with van der Waals surface area (Å²) < 4.78 is 38.4. The highest BCUT2D eigenvalue weighted by Crippen LogP contribution is 2.37. The Morgan fingerprint density at radius 2 is 1.92 bits per heavy atom. The minimum absolute atomic E-state index is 0.0115. The maximum atomic E-state index is 12.8. The van der Waals surface area contributed by atoms with Crippen LogP contribution in [0.5, 0.6) is 0 Å². The van der Waals surface area contributed by atoms with Gasteiger partial charge in [0.05, 0.1) is 5.56 Å². The molecule has 0 saturated carbocycles. The van der Waals surface area contributed by atoms with Crippen molar-refractivity contribution in [2.24, 2.45) is 11.8 Å². The maximum absolute atomic E-state index is 12.8. The van der Waals surface area contributed by atoms with Crippen molar-refractivity contribution in [1.82, 2.24) is 4.90 Å². The fourth-order valence-corrected chi connectivity index (χ4v) is 3.73. The zero-order chi connectivity index (χ0) is 19.3. The van der Waals surface area contributed by atoms with Crippen molar-refractivity contribution in [3.8, 4) is 0 Å². The van der Waals surface area contributed by atoms with Crippen molar-refractivity contribution >= 4 is 5.97 Å². The van der Waals surface area contributed by atoms with E-state index < -0.39 is 17.7 Å². The Kier molecular flexibility index (Phi) is 7.09. The average molecular weight is 371 g/mol. The van der Waals surface area contributed by atoms with Crippen LogP contribution in [0.25, 0.3) is 0 Å². The van der Waals surface area contributed by atoms with Gasteiger partial charge in [-0.2, -0.15) is 13.2 Å². The molecule has 6 heteroatoms. The molecule has 1 heterocycles. The van der Waals surface area contributed by atoms with Gasteiger partial charge in [0.15, 0.2) is 0 Å². The van der Waals surface area contributed by atoms with Crippen molar-refractivity contribution in [2.45, 2.75) is 58.2 Å². The van der Waals surface area contributed by atoms with E-state index in [1.807, 2.05) is 0 Å². The third-order valence-electron chi connectivity index (χ3n) is 5.13. The highest BCUT2D eigenvalue weighted by Gasteiger charge is 2.33. The molecule has 0 unspecified atom stereocenters. The van der Waals surface area contributed by atoms with Gasteiger partial charge in [-0.3, -0.25) is 9.69 Å². The van der Waals surface area contributed by atoms with E-state index in [0.29, 0.717) is 12.3 Å². The van der Waals surface area contributed by atoms with Crippen LogP contribution >= 0.6 is 0 Å². The smallest absolute Gasteiger partial charge is 0.416 e. The number of alkyl halides is 3. The van der Waals surface area contributed by atoms with E-state index in [9.17, 15) is 18.0 Å². The molecule has 0 aliphatic carbocycles. The molecule has 1 aliphatic heterocycles. The van der Waals surface area contributed by atoms with Gasteiger partial charge in [0, 0.05) is 12.5 Å². The Bertz CT molecular complexity index is 584. The molecule has 1 aromatic carbocycles. The summed E-state index contributed by atoms with van der Waals surface area (Å²) in [4.78, 5) is 13.4.